The third kappa shape index (κ3) is 4.96. The van der Waals surface area contributed by atoms with Crippen LogP contribution in [-0.4, -0.2) is 52.2 Å². The van der Waals surface area contributed by atoms with Gasteiger partial charge in [0.2, 0.25) is 0 Å². The maximum absolute atomic E-state index is 13.1. The molecule has 5 N–H and O–H groups in total. The standard InChI is InChI=1S/C8H6F13O4P.H3N/c9-3(10,1-2-25-26(22,23)24)4(11,12)5(13,14)6(15,16)7(17,18)8(19,20)21;/h1-2H2,(H2,22,23,24);1H3. The summed E-state index contributed by atoms with van der Waals surface area (Å²) in [6.07, 6.45) is -10.3. The van der Waals surface area contributed by atoms with Gasteiger partial charge in [0.15, 0.2) is 0 Å². The molecule has 0 amide bonds. The first kappa shape index (κ1) is 28.4. The van der Waals surface area contributed by atoms with E-state index in [1.54, 1.807) is 0 Å². The van der Waals surface area contributed by atoms with E-state index in [1.165, 1.54) is 0 Å². The quantitative estimate of drug-likeness (QED) is 0.368. The molecular formula is C8H9F13NO4P. The van der Waals surface area contributed by atoms with Crippen LogP contribution >= 0.6 is 7.82 Å². The fourth-order valence-electron chi connectivity index (χ4n) is 1.25. The van der Waals surface area contributed by atoms with Gasteiger partial charge in [-0.3, -0.25) is 4.52 Å². The van der Waals surface area contributed by atoms with Crippen LogP contribution in [0.15, 0.2) is 0 Å². The Labute approximate surface area is 140 Å². The summed E-state index contributed by atoms with van der Waals surface area (Å²) in [5.41, 5.74) is 0. The van der Waals surface area contributed by atoms with Gasteiger partial charge in [-0.05, 0) is 0 Å². The molecule has 0 aliphatic heterocycles. The molecule has 27 heavy (non-hydrogen) atoms. The summed E-state index contributed by atoms with van der Waals surface area (Å²) in [6, 6.07) is 0. The third-order valence-electron chi connectivity index (χ3n) is 2.67. The maximum Gasteiger partial charge on any atom is 0.469 e. The lowest BCUT2D eigenvalue weighted by atomic mass is 9.93. The van der Waals surface area contributed by atoms with Crippen molar-refractivity contribution in [3.05, 3.63) is 0 Å². The average molecular weight is 461 g/mol. The average Bonchev–Trinajstić information content (AvgIpc) is 2.34. The molecule has 0 rings (SSSR count). The number of rotatable bonds is 8. The van der Waals surface area contributed by atoms with Gasteiger partial charge in [-0.15, -0.1) is 0 Å². The number of phosphoric acid groups is 1. The molecule has 0 radical (unpaired) electrons. The highest BCUT2D eigenvalue weighted by atomic mass is 31.2. The summed E-state index contributed by atoms with van der Waals surface area (Å²) in [5, 5.41) is 0. The van der Waals surface area contributed by atoms with Gasteiger partial charge in [-0.1, -0.05) is 0 Å². The second kappa shape index (κ2) is 7.53. The Balaban J connectivity index is 0. The Morgan fingerprint density at radius 1 is 0.667 bits per heavy atom. The van der Waals surface area contributed by atoms with Crippen LogP contribution in [0.1, 0.15) is 6.42 Å². The van der Waals surface area contributed by atoms with Crippen LogP contribution in [0.25, 0.3) is 0 Å². The van der Waals surface area contributed by atoms with Gasteiger partial charge in [0.1, 0.15) is 0 Å². The molecule has 0 saturated carbocycles. The van der Waals surface area contributed by atoms with Crippen molar-refractivity contribution in [2.75, 3.05) is 6.61 Å². The number of hydrogen-bond acceptors (Lipinski definition) is 3. The zero-order chi connectivity index (χ0) is 21.6. The number of hydrogen-bond donors (Lipinski definition) is 3. The predicted molar refractivity (Wildman–Crippen MR) is 58.4 cm³/mol. The van der Waals surface area contributed by atoms with Crippen LogP contribution in [0.3, 0.4) is 0 Å². The Bertz CT molecular complexity index is 557. The molecule has 0 saturated heterocycles. The molecule has 0 aliphatic rings. The normalized spacial score (nSPS) is 15.5. The third-order valence-corrected chi connectivity index (χ3v) is 3.19. The van der Waals surface area contributed by atoms with E-state index in [0.717, 1.165) is 0 Å². The monoisotopic (exact) mass is 461 g/mol. The number of alkyl halides is 13. The van der Waals surface area contributed by atoms with Crippen molar-refractivity contribution in [3.63, 3.8) is 0 Å². The Kier molecular flexibility index (Phi) is 7.91. The second-order valence-electron chi connectivity index (χ2n) is 4.57. The fourth-order valence-corrected chi connectivity index (χ4v) is 1.58. The molecule has 0 fully saturated rings. The summed E-state index contributed by atoms with van der Waals surface area (Å²) in [7, 11) is -5.61. The Hall–Kier alpha value is -0.840. The SMILES string of the molecule is N.O=P(O)(O)OCCC(F)(F)C(F)(F)C(F)(F)C(F)(F)C(F)(F)C(F)(F)F. The first-order chi connectivity index (χ1) is 11.0. The molecule has 0 unspecified atom stereocenters. The Morgan fingerprint density at radius 2 is 1.00 bits per heavy atom. The molecule has 0 aromatic carbocycles. The van der Waals surface area contributed by atoms with Gasteiger partial charge in [0, 0.05) is 6.42 Å². The van der Waals surface area contributed by atoms with Gasteiger partial charge in [-0.2, -0.15) is 57.1 Å². The van der Waals surface area contributed by atoms with Gasteiger partial charge >= 0.3 is 43.6 Å². The van der Waals surface area contributed by atoms with E-state index in [2.05, 4.69) is 4.52 Å². The minimum atomic E-state index is -8.02. The molecule has 0 aliphatic carbocycles. The van der Waals surface area contributed by atoms with E-state index in [4.69, 9.17) is 9.79 Å². The summed E-state index contributed by atoms with van der Waals surface area (Å²) >= 11 is 0. The minimum absolute atomic E-state index is 0. The first-order valence-electron chi connectivity index (χ1n) is 5.61. The van der Waals surface area contributed by atoms with Gasteiger partial charge in [0.25, 0.3) is 0 Å². The highest BCUT2D eigenvalue weighted by Crippen LogP contribution is 2.60. The largest absolute Gasteiger partial charge is 0.469 e. The van der Waals surface area contributed by atoms with E-state index in [9.17, 15) is 61.6 Å². The van der Waals surface area contributed by atoms with Crippen LogP contribution in [0.4, 0.5) is 57.1 Å². The van der Waals surface area contributed by atoms with Crippen molar-refractivity contribution >= 4 is 7.82 Å². The molecule has 0 atom stereocenters. The minimum Gasteiger partial charge on any atom is -0.344 e. The van der Waals surface area contributed by atoms with Crippen molar-refractivity contribution in [2.24, 2.45) is 0 Å². The topological polar surface area (TPSA) is 102 Å². The lowest BCUT2D eigenvalue weighted by Crippen LogP contribution is -2.70. The van der Waals surface area contributed by atoms with E-state index in [-0.39, 0.29) is 6.15 Å². The highest BCUT2D eigenvalue weighted by molar-refractivity contribution is 7.46. The van der Waals surface area contributed by atoms with Crippen molar-refractivity contribution in [3.8, 4) is 0 Å². The predicted octanol–water partition coefficient (Wildman–Crippen LogP) is 4.39. The highest BCUT2D eigenvalue weighted by Gasteiger charge is 2.90. The summed E-state index contributed by atoms with van der Waals surface area (Å²) in [6.45, 7) is -2.16. The van der Waals surface area contributed by atoms with E-state index in [1.807, 2.05) is 0 Å². The lowest BCUT2D eigenvalue weighted by Gasteiger charge is -2.39. The van der Waals surface area contributed by atoms with Gasteiger partial charge < -0.3 is 15.9 Å². The molecule has 166 valence electrons. The van der Waals surface area contributed by atoms with Crippen LogP contribution in [0.5, 0.6) is 0 Å². The summed E-state index contributed by atoms with van der Waals surface area (Å²) in [4.78, 5) is 16.1. The Morgan fingerprint density at radius 3 is 1.30 bits per heavy atom. The molecule has 19 heteroatoms. The zero-order valence-corrected chi connectivity index (χ0v) is 13.1. The fraction of sp³-hybridized carbons (Fsp3) is 1.00. The van der Waals surface area contributed by atoms with Crippen molar-refractivity contribution in [2.45, 2.75) is 42.2 Å². The second-order valence-corrected chi connectivity index (χ2v) is 5.81. The van der Waals surface area contributed by atoms with Crippen LogP contribution in [0.2, 0.25) is 0 Å². The molecule has 5 nitrogen and oxygen atoms in total. The smallest absolute Gasteiger partial charge is 0.344 e. The van der Waals surface area contributed by atoms with Crippen molar-refractivity contribution in [1.82, 2.24) is 6.15 Å². The summed E-state index contributed by atoms with van der Waals surface area (Å²) < 4.78 is 178. The zero-order valence-electron chi connectivity index (χ0n) is 12.2. The van der Waals surface area contributed by atoms with E-state index < -0.39 is 56.6 Å². The van der Waals surface area contributed by atoms with Gasteiger partial charge in [-0.25, -0.2) is 4.57 Å². The number of phosphoric ester groups is 1. The summed E-state index contributed by atoms with van der Waals surface area (Å²) in [5.74, 6) is -37.7. The maximum atomic E-state index is 13.1. The van der Waals surface area contributed by atoms with E-state index in [0.29, 0.717) is 0 Å². The molecule has 0 heterocycles. The van der Waals surface area contributed by atoms with Crippen LogP contribution < -0.4 is 6.15 Å². The molecule has 0 spiro atoms. The van der Waals surface area contributed by atoms with Crippen molar-refractivity contribution < 1.29 is 76.0 Å². The molecule has 0 aromatic heterocycles. The lowest BCUT2D eigenvalue weighted by molar-refractivity contribution is -0.440. The van der Waals surface area contributed by atoms with Crippen molar-refractivity contribution in [1.29, 1.82) is 0 Å². The molecular weight excluding hydrogens is 452 g/mol. The molecule has 0 aromatic rings. The van der Waals surface area contributed by atoms with Crippen LogP contribution in [-0.2, 0) is 9.09 Å². The van der Waals surface area contributed by atoms with Crippen LogP contribution in [0, 0.1) is 0 Å². The van der Waals surface area contributed by atoms with E-state index >= 15 is 0 Å². The number of halogens is 13. The first-order valence-corrected chi connectivity index (χ1v) is 7.14. The van der Waals surface area contributed by atoms with Gasteiger partial charge in [0.05, 0.1) is 6.61 Å². The molecule has 0 bridgehead atoms.